The van der Waals surface area contributed by atoms with Gasteiger partial charge in [-0.25, -0.2) is 12.8 Å². The van der Waals surface area contributed by atoms with Crippen LogP contribution < -0.4 is 4.72 Å². The van der Waals surface area contributed by atoms with Crippen LogP contribution in [0.4, 0.5) is 10.1 Å². The summed E-state index contributed by atoms with van der Waals surface area (Å²) in [4.78, 5) is 2.86. The molecule has 0 saturated heterocycles. The van der Waals surface area contributed by atoms with Crippen molar-refractivity contribution in [2.45, 2.75) is 11.8 Å². The van der Waals surface area contributed by atoms with Crippen molar-refractivity contribution in [2.24, 2.45) is 0 Å². The van der Waals surface area contributed by atoms with E-state index >= 15 is 0 Å². The molecule has 7 nitrogen and oxygen atoms in total. The maximum atomic E-state index is 13.0. The molecule has 0 saturated carbocycles. The minimum Gasteiger partial charge on any atom is -0.415 e. The van der Waals surface area contributed by atoms with Gasteiger partial charge in [-0.15, -0.1) is 10.2 Å². The first-order chi connectivity index (χ1) is 13.4. The highest BCUT2D eigenvalue weighted by atomic mass is 32.2. The second-order valence-corrected chi connectivity index (χ2v) is 7.83. The summed E-state index contributed by atoms with van der Waals surface area (Å²) in [6, 6.07) is 14.1. The van der Waals surface area contributed by atoms with Crippen LogP contribution in [-0.2, 0) is 10.0 Å². The van der Waals surface area contributed by atoms with Crippen molar-refractivity contribution in [3.8, 4) is 23.0 Å². The van der Waals surface area contributed by atoms with Crippen molar-refractivity contribution in [1.29, 1.82) is 0 Å². The summed E-state index contributed by atoms with van der Waals surface area (Å²) in [5, 5.41) is 7.84. The highest BCUT2D eigenvalue weighted by molar-refractivity contribution is 7.92. The first-order valence-electron chi connectivity index (χ1n) is 8.28. The zero-order valence-electron chi connectivity index (χ0n) is 14.7. The van der Waals surface area contributed by atoms with Gasteiger partial charge in [0.1, 0.15) is 16.4 Å². The van der Waals surface area contributed by atoms with E-state index in [-0.39, 0.29) is 22.5 Å². The molecule has 0 spiro atoms. The molecule has 4 rings (SSSR count). The maximum absolute atomic E-state index is 13.0. The number of aryl methyl sites for hydroxylation is 1. The molecule has 4 aromatic rings. The first kappa shape index (κ1) is 17.9. The van der Waals surface area contributed by atoms with Crippen LogP contribution in [0, 0.1) is 12.7 Å². The van der Waals surface area contributed by atoms with Crippen molar-refractivity contribution in [2.75, 3.05) is 4.72 Å². The molecule has 0 unspecified atom stereocenters. The lowest BCUT2D eigenvalue weighted by Crippen LogP contribution is -2.12. The number of H-pyrrole nitrogens is 1. The van der Waals surface area contributed by atoms with E-state index in [4.69, 9.17) is 4.42 Å². The average molecular weight is 398 g/mol. The molecule has 2 heterocycles. The number of benzene rings is 2. The van der Waals surface area contributed by atoms with E-state index in [2.05, 4.69) is 19.9 Å². The monoisotopic (exact) mass is 398 g/mol. The van der Waals surface area contributed by atoms with Crippen molar-refractivity contribution in [1.82, 2.24) is 15.2 Å². The molecule has 0 aliphatic heterocycles. The Labute approximate surface area is 160 Å². The van der Waals surface area contributed by atoms with Gasteiger partial charge in [0.05, 0.1) is 0 Å². The Bertz CT molecular complexity index is 1230. The summed E-state index contributed by atoms with van der Waals surface area (Å²) in [6.45, 7) is 1.88. The van der Waals surface area contributed by atoms with Crippen LogP contribution in [0.1, 0.15) is 5.56 Å². The smallest absolute Gasteiger partial charge is 0.264 e. The van der Waals surface area contributed by atoms with Gasteiger partial charge in [-0.1, -0.05) is 12.1 Å². The molecule has 142 valence electrons. The molecule has 0 amide bonds. The Morgan fingerprint density at radius 1 is 1.04 bits per heavy atom. The van der Waals surface area contributed by atoms with Gasteiger partial charge in [0.2, 0.25) is 5.89 Å². The molecule has 28 heavy (non-hydrogen) atoms. The molecule has 2 N–H and O–H groups in total. The van der Waals surface area contributed by atoms with Gasteiger partial charge in [0, 0.05) is 17.4 Å². The summed E-state index contributed by atoms with van der Waals surface area (Å²) < 4.78 is 46.3. The van der Waals surface area contributed by atoms with E-state index in [0.717, 1.165) is 5.56 Å². The van der Waals surface area contributed by atoms with Crippen molar-refractivity contribution < 1.29 is 17.2 Å². The quantitative estimate of drug-likeness (QED) is 0.530. The minimum absolute atomic E-state index is 0.0329. The third-order valence-electron chi connectivity index (χ3n) is 3.98. The number of hydrogen-bond acceptors (Lipinski definition) is 5. The van der Waals surface area contributed by atoms with Crippen molar-refractivity contribution >= 4 is 15.7 Å². The second-order valence-electron chi connectivity index (χ2n) is 6.14. The van der Waals surface area contributed by atoms with Crippen molar-refractivity contribution in [3.05, 3.63) is 72.2 Å². The molecular formula is C19H15FN4O3S. The number of aromatic nitrogens is 3. The Morgan fingerprint density at radius 3 is 2.54 bits per heavy atom. The zero-order valence-corrected chi connectivity index (χ0v) is 15.5. The third-order valence-corrected chi connectivity index (χ3v) is 5.34. The van der Waals surface area contributed by atoms with Gasteiger partial charge in [-0.2, -0.15) is 0 Å². The average Bonchev–Trinajstić information content (AvgIpc) is 3.32. The molecule has 2 aromatic heterocycles. The Balaban J connectivity index is 1.58. The molecule has 2 aromatic carbocycles. The first-order valence-corrected chi connectivity index (χ1v) is 9.77. The molecule has 0 aliphatic carbocycles. The van der Waals surface area contributed by atoms with Gasteiger partial charge in [0.15, 0.2) is 0 Å². The molecule has 0 radical (unpaired) electrons. The lowest BCUT2D eigenvalue weighted by Gasteiger charge is -2.06. The Kier molecular flexibility index (Phi) is 4.44. The van der Waals surface area contributed by atoms with E-state index in [0.29, 0.717) is 16.9 Å². The van der Waals surface area contributed by atoms with Gasteiger partial charge >= 0.3 is 0 Å². The second kappa shape index (κ2) is 6.93. The SMILES string of the molecule is Cc1cccc(NS(=O)(=O)c2c[nH]c(-c3nnc(-c4ccc(F)cc4)o3)c2)c1. The third kappa shape index (κ3) is 3.65. The predicted octanol–water partition coefficient (Wildman–Crippen LogP) is 3.98. The summed E-state index contributed by atoms with van der Waals surface area (Å²) in [6.07, 6.45) is 1.34. The molecular weight excluding hydrogens is 383 g/mol. The highest BCUT2D eigenvalue weighted by Crippen LogP contribution is 2.26. The predicted molar refractivity (Wildman–Crippen MR) is 101 cm³/mol. The van der Waals surface area contributed by atoms with Crippen LogP contribution in [0.2, 0.25) is 0 Å². The molecule has 0 bridgehead atoms. The molecule has 0 aliphatic rings. The van der Waals surface area contributed by atoms with E-state index < -0.39 is 10.0 Å². The number of sulfonamides is 1. The van der Waals surface area contributed by atoms with E-state index in [9.17, 15) is 12.8 Å². The van der Waals surface area contributed by atoms with Crippen LogP contribution in [-0.4, -0.2) is 23.6 Å². The number of nitrogens with zero attached hydrogens (tertiary/aromatic N) is 2. The summed E-state index contributed by atoms with van der Waals surface area (Å²) in [5.41, 5.74) is 2.32. The summed E-state index contributed by atoms with van der Waals surface area (Å²) in [5.74, 6) is -0.0490. The minimum atomic E-state index is -3.78. The molecule has 0 atom stereocenters. The lowest BCUT2D eigenvalue weighted by molar-refractivity contribution is 0.582. The van der Waals surface area contributed by atoms with Gasteiger partial charge < -0.3 is 9.40 Å². The fourth-order valence-corrected chi connectivity index (χ4v) is 3.66. The lowest BCUT2D eigenvalue weighted by atomic mass is 10.2. The van der Waals surface area contributed by atoms with Gasteiger partial charge in [-0.05, 0) is 55.0 Å². The topological polar surface area (TPSA) is 101 Å². The van der Waals surface area contributed by atoms with Crippen molar-refractivity contribution in [3.63, 3.8) is 0 Å². The van der Waals surface area contributed by atoms with Gasteiger partial charge in [0.25, 0.3) is 15.9 Å². The number of nitrogens with one attached hydrogen (secondary N) is 2. The number of anilines is 1. The van der Waals surface area contributed by atoms with Crippen LogP contribution >= 0.6 is 0 Å². The summed E-state index contributed by atoms with van der Waals surface area (Å²) >= 11 is 0. The van der Waals surface area contributed by atoms with E-state index in [1.165, 1.54) is 36.5 Å². The Morgan fingerprint density at radius 2 is 1.79 bits per heavy atom. The number of rotatable bonds is 5. The maximum Gasteiger partial charge on any atom is 0.264 e. The van der Waals surface area contributed by atoms with Gasteiger partial charge in [-0.3, -0.25) is 4.72 Å². The number of aromatic amines is 1. The fourth-order valence-electron chi connectivity index (χ4n) is 2.62. The molecule has 9 heteroatoms. The fraction of sp³-hybridized carbons (Fsp3) is 0.0526. The van der Waals surface area contributed by atoms with Crippen LogP contribution in [0.5, 0.6) is 0 Å². The van der Waals surface area contributed by atoms with Crippen LogP contribution in [0.3, 0.4) is 0 Å². The zero-order chi connectivity index (χ0) is 19.7. The molecule has 0 fully saturated rings. The largest absolute Gasteiger partial charge is 0.415 e. The standard InChI is InChI=1S/C19H15FN4O3S/c1-12-3-2-4-15(9-12)24-28(25,26)16-10-17(21-11-16)19-23-22-18(27-19)13-5-7-14(20)8-6-13/h2-11,21,24H,1H3. The summed E-state index contributed by atoms with van der Waals surface area (Å²) in [7, 11) is -3.78. The Hall–Kier alpha value is -3.46. The van der Waals surface area contributed by atoms with Crippen LogP contribution in [0.25, 0.3) is 23.0 Å². The van der Waals surface area contributed by atoms with E-state index in [1.54, 1.807) is 18.2 Å². The number of hydrogen-bond donors (Lipinski definition) is 2. The number of halogens is 1. The highest BCUT2D eigenvalue weighted by Gasteiger charge is 2.19. The van der Waals surface area contributed by atoms with Crippen LogP contribution in [0.15, 0.2) is 70.1 Å². The van der Waals surface area contributed by atoms with E-state index in [1.807, 2.05) is 13.0 Å². The normalized spacial score (nSPS) is 11.5.